The number of anilines is 1. The van der Waals surface area contributed by atoms with Gasteiger partial charge in [-0.25, -0.2) is 5.10 Å². The third kappa shape index (κ3) is 4.67. The van der Waals surface area contributed by atoms with Gasteiger partial charge in [-0.3, -0.25) is 9.52 Å². The van der Waals surface area contributed by atoms with Crippen LogP contribution in [0.2, 0.25) is 0 Å². The van der Waals surface area contributed by atoms with Crippen LogP contribution in [-0.4, -0.2) is 25.0 Å². The Morgan fingerprint density at radius 1 is 1.04 bits per heavy atom. The van der Waals surface area contributed by atoms with E-state index in [4.69, 9.17) is 4.42 Å². The van der Waals surface area contributed by atoms with Gasteiger partial charge >= 0.3 is 6.36 Å². The third-order valence-electron chi connectivity index (χ3n) is 3.12. The monoisotopic (exact) mass is 401 g/mol. The lowest BCUT2D eigenvalue weighted by atomic mass is 10.3. The Balaban J connectivity index is 1.77. The second-order valence-electron chi connectivity index (χ2n) is 5.10. The van der Waals surface area contributed by atoms with Crippen molar-refractivity contribution in [1.29, 1.82) is 0 Å². The first kappa shape index (κ1) is 18.5. The van der Waals surface area contributed by atoms with Gasteiger partial charge < -0.3 is 9.15 Å². The second-order valence-corrected chi connectivity index (χ2v) is 6.72. The van der Waals surface area contributed by atoms with Gasteiger partial charge in [-0.2, -0.15) is 13.5 Å². The summed E-state index contributed by atoms with van der Waals surface area (Å²) in [7, 11) is -4.14. The summed E-state index contributed by atoms with van der Waals surface area (Å²) < 4.78 is 72.1. The summed E-state index contributed by atoms with van der Waals surface area (Å²) in [6.45, 7) is 0. The predicted molar refractivity (Wildman–Crippen MR) is 86.5 cm³/mol. The molecular formula is C15H10F3N3O5S. The van der Waals surface area contributed by atoms with Crippen molar-refractivity contribution in [3.63, 3.8) is 0 Å². The summed E-state index contributed by atoms with van der Waals surface area (Å²) in [6.07, 6.45) is -4.85. The fourth-order valence-corrected chi connectivity index (χ4v) is 3.01. The molecule has 2 heterocycles. The predicted octanol–water partition coefficient (Wildman–Crippen LogP) is 2.73. The molecule has 0 spiro atoms. The highest BCUT2D eigenvalue weighted by atomic mass is 32.2. The number of aromatic amines is 1. The van der Waals surface area contributed by atoms with Crippen LogP contribution in [0.25, 0.3) is 11.5 Å². The number of nitrogens with zero attached hydrogens (tertiary/aromatic N) is 1. The van der Waals surface area contributed by atoms with Gasteiger partial charge in [0.15, 0.2) is 5.76 Å². The van der Waals surface area contributed by atoms with Crippen LogP contribution in [0.3, 0.4) is 0 Å². The summed E-state index contributed by atoms with van der Waals surface area (Å²) in [5.41, 5.74) is -0.216. The maximum absolute atomic E-state index is 12.3. The number of halogens is 3. The minimum atomic E-state index is -4.85. The zero-order chi connectivity index (χ0) is 19.7. The van der Waals surface area contributed by atoms with Crippen LogP contribution < -0.4 is 15.0 Å². The van der Waals surface area contributed by atoms with E-state index in [2.05, 4.69) is 19.7 Å². The third-order valence-corrected chi connectivity index (χ3v) is 4.37. The summed E-state index contributed by atoms with van der Waals surface area (Å²) >= 11 is 0. The van der Waals surface area contributed by atoms with Crippen molar-refractivity contribution in [2.45, 2.75) is 11.5 Å². The number of rotatable bonds is 5. The molecule has 3 aromatic rings. The highest BCUT2D eigenvalue weighted by Gasteiger charge is 2.31. The number of furan rings is 1. The summed E-state index contributed by atoms with van der Waals surface area (Å²) in [5.74, 6) is -0.393. The van der Waals surface area contributed by atoms with Crippen LogP contribution in [0.4, 0.5) is 18.9 Å². The first-order chi connectivity index (χ1) is 12.6. The largest absolute Gasteiger partial charge is 0.573 e. The van der Waals surface area contributed by atoms with E-state index in [1.807, 2.05) is 0 Å². The molecule has 0 aliphatic heterocycles. The van der Waals surface area contributed by atoms with Gasteiger partial charge in [0.05, 0.1) is 0 Å². The number of hydrogen-bond donors (Lipinski definition) is 2. The van der Waals surface area contributed by atoms with Crippen LogP contribution in [0.1, 0.15) is 0 Å². The fourth-order valence-electron chi connectivity index (χ4n) is 2.01. The Hall–Kier alpha value is -3.28. The number of benzene rings is 1. The normalized spacial score (nSPS) is 12.0. The average molecular weight is 401 g/mol. The summed E-state index contributed by atoms with van der Waals surface area (Å²) in [4.78, 5) is 11.0. The molecule has 0 amide bonds. The molecule has 12 heteroatoms. The second kappa shape index (κ2) is 6.79. The highest BCUT2D eigenvalue weighted by Crippen LogP contribution is 2.26. The standard InChI is InChI=1S/C15H10F3N3O5S/c16-15(17,18)26-10-3-1-9(2-4-10)21-27(23,24)14-8-6-12(25-14)11-5-7-13(22)20-19-11/h1-8,21H,(H,20,22). The van der Waals surface area contributed by atoms with Gasteiger partial charge in [0.2, 0.25) is 5.09 Å². The van der Waals surface area contributed by atoms with E-state index in [0.717, 1.165) is 24.3 Å². The molecule has 2 aromatic heterocycles. The molecule has 1 aromatic carbocycles. The van der Waals surface area contributed by atoms with E-state index < -0.39 is 32.8 Å². The summed E-state index contributed by atoms with van der Waals surface area (Å²) in [6, 6.07) is 9.19. The van der Waals surface area contributed by atoms with Crippen molar-refractivity contribution in [2.75, 3.05) is 4.72 Å². The molecule has 0 saturated heterocycles. The van der Waals surface area contributed by atoms with E-state index in [1.165, 1.54) is 24.3 Å². The smallest absolute Gasteiger partial charge is 0.441 e. The molecule has 0 atom stereocenters. The van der Waals surface area contributed by atoms with Gasteiger partial charge in [-0.1, -0.05) is 0 Å². The van der Waals surface area contributed by atoms with Crippen LogP contribution in [0, 0.1) is 0 Å². The zero-order valence-corrected chi connectivity index (χ0v) is 14.0. The number of H-pyrrole nitrogens is 1. The highest BCUT2D eigenvalue weighted by molar-refractivity contribution is 7.92. The molecule has 0 saturated carbocycles. The minimum absolute atomic E-state index is 0.00430. The maximum atomic E-state index is 12.3. The van der Waals surface area contributed by atoms with Crippen LogP contribution in [0.15, 0.2) is 62.8 Å². The number of nitrogens with one attached hydrogen (secondary N) is 2. The van der Waals surface area contributed by atoms with Gasteiger partial charge in [0, 0.05) is 11.8 Å². The number of hydrogen-bond acceptors (Lipinski definition) is 6. The Labute approximate surface area is 149 Å². The SMILES string of the molecule is O=c1ccc(-c2ccc(S(=O)(=O)Nc3ccc(OC(F)(F)F)cc3)o2)n[nH]1. The molecule has 3 rings (SSSR count). The van der Waals surface area contributed by atoms with Crippen molar-refractivity contribution < 1.29 is 30.7 Å². The topological polar surface area (TPSA) is 114 Å². The van der Waals surface area contributed by atoms with Crippen LogP contribution >= 0.6 is 0 Å². The molecule has 2 N–H and O–H groups in total. The first-order valence-corrected chi connectivity index (χ1v) is 8.65. The number of alkyl halides is 3. The van der Waals surface area contributed by atoms with Gasteiger partial charge in [-0.15, -0.1) is 13.2 Å². The molecule has 142 valence electrons. The molecule has 0 unspecified atom stereocenters. The lowest BCUT2D eigenvalue weighted by molar-refractivity contribution is -0.274. The van der Waals surface area contributed by atoms with E-state index in [-0.39, 0.29) is 17.1 Å². The molecule has 0 aliphatic carbocycles. The quantitative estimate of drug-likeness (QED) is 0.680. The van der Waals surface area contributed by atoms with Crippen molar-refractivity contribution >= 4 is 15.7 Å². The molecule has 27 heavy (non-hydrogen) atoms. The van der Waals surface area contributed by atoms with E-state index in [9.17, 15) is 26.4 Å². The Kier molecular flexibility index (Phi) is 4.66. The Bertz CT molecular complexity index is 1080. The van der Waals surface area contributed by atoms with Crippen molar-refractivity contribution in [1.82, 2.24) is 10.2 Å². The maximum Gasteiger partial charge on any atom is 0.573 e. The van der Waals surface area contributed by atoms with Crippen molar-refractivity contribution in [2.24, 2.45) is 0 Å². The van der Waals surface area contributed by atoms with Gasteiger partial charge in [0.1, 0.15) is 11.4 Å². The number of sulfonamides is 1. The molecule has 8 nitrogen and oxygen atoms in total. The van der Waals surface area contributed by atoms with Crippen molar-refractivity contribution in [3.05, 3.63) is 58.9 Å². The Morgan fingerprint density at radius 3 is 2.33 bits per heavy atom. The molecule has 0 fully saturated rings. The molecule has 0 aliphatic rings. The lowest BCUT2D eigenvalue weighted by Gasteiger charge is -2.10. The van der Waals surface area contributed by atoms with E-state index >= 15 is 0 Å². The first-order valence-electron chi connectivity index (χ1n) is 7.17. The molecule has 0 radical (unpaired) electrons. The van der Waals surface area contributed by atoms with Gasteiger partial charge in [0.25, 0.3) is 15.6 Å². The molecule has 0 bridgehead atoms. The Morgan fingerprint density at radius 2 is 1.74 bits per heavy atom. The van der Waals surface area contributed by atoms with Crippen LogP contribution in [-0.2, 0) is 10.0 Å². The van der Waals surface area contributed by atoms with Crippen molar-refractivity contribution in [3.8, 4) is 17.2 Å². The molecular weight excluding hydrogens is 391 g/mol. The minimum Gasteiger partial charge on any atom is -0.441 e. The van der Waals surface area contributed by atoms with Gasteiger partial charge in [-0.05, 0) is 42.5 Å². The zero-order valence-electron chi connectivity index (χ0n) is 13.1. The van der Waals surface area contributed by atoms with E-state index in [1.54, 1.807) is 0 Å². The fraction of sp³-hybridized carbons (Fsp3) is 0.0667. The lowest BCUT2D eigenvalue weighted by Crippen LogP contribution is -2.17. The summed E-state index contributed by atoms with van der Waals surface area (Å²) in [5, 5.41) is 5.46. The van der Waals surface area contributed by atoms with E-state index in [0.29, 0.717) is 0 Å². The average Bonchev–Trinajstić information content (AvgIpc) is 3.07. The van der Waals surface area contributed by atoms with Crippen LogP contribution in [0.5, 0.6) is 5.75 Å². The number of ether oxygens (including phenoxy) is 1. The number of aromatic nitrogens is 2.